The monoisotopic (exact) mass is 263 g/mol. The maximum atomic E-state index is 11.6. The van der Waals surface area contributed by atoms with Crippen LogP contribution in [0.15, 0.2) is 0 Å². The van der Waals surface area contributed by atoms with Crippen molar-refractivity contribution in [1.29, 1.82) is 0 Å². The average molecular weight is 263 g/mol. The third-order valence-corrected chi connectivity index (χ3v) is 2.71. The van der Waals surface area contributed by atoms with Crippen LogP contribution in [-0.2, 0) is 9.53 Å². The van der Waals surface area contributed by atoms with Gasteiger partial charge in [-0.15, -0.1) is 0 Å². The van der Waals surface area contributed by atoms with Gasteiger partial charge in [-0.1, -0.05) is 0 Å². The fourth-order valence-corrected chi connectivity index (χ4v) is 2.86. The third kappa shape index (κ3) is 4.48. The minimum atomic E-state index is -1.37. The fourth-order valence-electron chi connectivity index (χ4n) is 2.86. The van der Waals surface area contributed by atoms with E-state index in [1.54, 1.807) is 6.26 Å². The molecule has 2 N–H and O–H groups in total. The van der Waals surface area contributed by atoms with Crippen molar-refractivity contribution < 1.29 is 14.6 Å². The van der Waals surface area contributed by atoms with Crippen LogP contribution >= 0.6 is 12.6 Å². The molecule has 0 aromatic carbocycles. The highest BCUT2D eigenvalue weighted by molar-refractivity contribution is 7.79. The Labute approximate surface area is 110 Å². The van der Waals surface area contributed by atoms with Gasteiger partial charge < -0.3 is 15.2 Å². The highest BCUT2D eigenvalue weighted by atomic mass is 32.1. The zero-order valence-corrected chi connectivity index (χ0v) is 12.5. The van der Waals surface area contributed by atoms with Crippen LogP contribution in [0, 0.1) is 0 Å². The number of ether oxygens (including phenoxy) is 1. The predicted octanol–water partition coefficient (Wildman–Crippen LogP) is 1.38. The number of esters is 1. The molecule has 0 saturated carbocycles. The van der Waals surface area contributed by atoms with Crippen molar-refractivity contribution in [3.05, 3.63) is 0 Å². The quantitative estimate of drug-likeness (QED) is 0.494. The van der Waals surface area contributed by atoms with Crippen LogP contribution in [0.5, 0.6) is 0 Å². The van der Waals surface area contributed by atoms with Gasteiger partial charge in [-0.25, -0.2) is 4.79 Å². The van der Waals surface area contributed by atoms with E-state index in [1.807, 2.05) is 27.7 Å². The minimum Gasteiger partial charge on any atom is -0.467 e. The van der Waals surface area contributed by atoms with Crippen LogP contribution in [0.1, 0.15) is 40.5 Å². The number of hydrogen-bond acceptors (Lipinski definition) is 5. The van der Waals surface area contributed by atoms with Crippen LogP contribution in [0.25, 0.3) is 0 Å². The number of carbonyl (C=O) groups excluding carboxylic acids is 1. The van der Waals surface area contributed by atoms with Gasteiger partial charge in [0, 0.05) is 23.9 Å². The minimum absolute atomic E-state index is 0.273. The standard InChI is InChI=1S/C11H21NO3.CH4S/c1-9(2)6-11(14,8(13)15-5)7-10(3,4)12-9;1-2/h12,14H,6-7H2,1-5H3;2H,1H3. The molecule has 0 unspecified atom stereocenters. The van der Waals surface area contributed by atoms with E-state index in [1.165, 1.54) is 7.11 Å². The van der Waals surface area contributed by atoms with Crippen molar-refractivity contribution in [2.75, 3.05) is 13.4 Å². The first-order valence-corrected chi connectivity index (χ1v) is 6.55. The number of thiol groups is 1. The summed E-state index contributed by atoms with van der Waals surface area (Å²) in [5.74, 6) is -0.537. The Morgan fingerprint density at radius 3 is 1.82 bits per heavy atom. The molecule has 0 amide bonds. The van der Waals surface area contributed by atoms with E-state index in [-0.39, 0.29) is 11.1 Å². The summed E-state index contributed by atoms with van der Waals surface area (Å²) in [5.41, 5.74) is -1.91. The molecule has 1 saturated heterocycles. The summed E-state index contributed by atoms with van der Waals surface area (Å²) >= 11 is 3.53. The molecular weight excluding hydrogens is 238 g/mol. The second-order valence-electron chi connectivity index (χ2n) is 5.77. The normalized spacial score (nSPS) is 24.2. The number of methoxy groups -OCH3 is 1. The zero-order valence-electron chi connectivity index (χ0n) is 11.6. The fraction of sp³-hybridized carbons (Fsp3) is 0.917. The molecule has 5 heteroatoms. The molecule has 0 bridgehead atoms. The maximum absolute atomic E-state index is 11.6. The topological polar surface area (TPSA) is 58.6 Å². The zero-order chi connectivity index (χ0) is 13.9. The second-order valence-corrected chi connectivity index (χ2v) is 5.77. The number of nitrogens with one attached hydrogen (secondary N) is 1. The summed E-state index contributed by atoms with van der Waals surface area (Å²) in [6.07, 6.45) is 2.44. The Kier molecular flexibility index (Phi) is 5.50. The number of aliphatic hydroxyl groups is 1. The summed E-state index contributed by atoms with van der Waals surface area (Å²) in [7, 11) is 1.31. The molecule has 0 aromatic heterocycles. The molecule has 102 valence electrons. The molecule has 17 heavy (non-hydrogen) atoms. The van der Waals surface area contributed by atoms with Crippen LogP contribution in [0.2, 0.25) is 0 Å². The van der Waals surface area contributed by atoms with E-state index in [0.717, 1.165) is 0 Å². The number of rotatable bonds is 1. The Morgan fingerprint density at radius 1 is 1.18 bits per heavy atom. The molecule has 4 nitrogen and oxygen atoms in total. The van der Waals surface area contributed by atoms with Gasteiger partial charge in [0.05, 0.1) is 7.11 Å². The van der Waals surface area contributed by atoms with E-state index in [4.69, 9.17) is 0 Å². The average Bonchev–Trinajstić information content (AvgIpc) is 2.14. The first-order chi connectivity index (χ1) is 7.60. The Balaban J connectivity index is 0.00000121. The van der Waals surface area contributed by atoms with Gasteiger partial charge in [0.25, 0.3) is 0 Å². The summed E-state index contributed by atoms with van der Waals surface area (Å²) in [6.45, 7) is 7.90. The van der Waals surface area contributed by atoms with E-state index < -0.39 is 11.6 Å². The molecule has 1 heterocycles. The molecule has 0 atom stereocenters. The van der Waals surface area contributed by atoms with Crippen molar-refractivity contribution in [2.24, 2.45) is 0 Å². The summed E-state index contributed by atoms with van der Waals surface area (Å²) in [6, 6.07) is 0. The van der Waals surface area contributed by atoms with Gasteiger partial charge in [0.2, 0.25) is 0 Å². The Hall–Kier alpha value is -0.260. The molecular formula is C12H25NO3S. The lowest BCUT2D eigenvalue weighted by Crippen LogP contribution is -2.65. The molecule has 1 aliphatic rings. The van der Waals surface area contributed by atoms with Gasteiger partial charge in [0.15, 0.2) is 5.60 Å². The first kappa shape index (κ1) is 16.7. The lowest BCUT2D eigenvalue weighted by molar-refractivity contribution is -0.172. The maximum Gasteiger partial charge on any atom is 0.337 e. The van der Waals surface area contributed by atoms with Crippen LogP contribution < -0.4 is 5.32 Å². The molecule has 1 aliphatic heterocycles. The van der Waals surface area contributed by atoms with E-state index in [0.29, 0.717) is 12.8 Å². The van der Waals surface area contributed by atoms with E-state index in [2.05, 4.69) is 22.7 Å². The summed E-state index contributed by atoms with van der Waals surface area (Å²) in [5, 5.41) is 13.7. The van der Waals surface area contributed by atoms with Crippen molar-refractivity contribution in [3.63, 3.8) is 0 Å². The first-order valence-electron chi connectivity index (χ1n) is 5.65. The molecule has 0 aromatic rings. The van der Waals surface area contributed by atoms with Gasteiger partial charge in [-0.3, -0.25) is 0 Å². The Morgan fingerprint density at radius 2 is 1.53 bits per heavy atom. The summed E-state index contributed by atoms with van der Waals surface area (Å²) < 4.78 is 4.66. The van der Waals surface area contributed by atoms with Crippen LogP contribution in [-0.4, -0.2) is 41.1 Å². The Bertz CT molecular complexity index is 261. The molecule has 0 aliphatic carbocycles. The van der Waals surface area contributed by atoms with Gasteiger partial charge >= 0.3 is 5.97 Å². The van der Waals surface area contributed by atoms with Crippen molar-refractivity contribution >= 4 is 18.6 Å². The van der Waals surface area contributed by atoms with Gasteiger partial charge in [0.1, 0.15) is 0 Å². The van der Waals surface area contributed by atoms with Crippen molar-refractivity contribution in [3.8, 4) is 0 Å². The van der Waals surface area contributed by atoms with E-state index in [9.17, 15) is 9.90 Å². The molecule has 1 rings (SSSR count). The second kappa shape index (κ2) is 5.59. The SMILES string of the molecule is COC(=O)C1(O)CC(C)(C)NC(C)(C)C1.CS. The third-order valence-electron chi connectivity index (χ3n) is 2.71. The lowest BCUT2D eigenvalue weighted by atomic mass is 9.73. The van der Waals surface area contributed by atoms with E-state index >= 15 is 0 Å². The van der Waals surface area contributed by atoms with Gasteiger partial charge in [-0.05, 0) is 34.0 Å². The molecule has 0 radical (unpaired) electrons. The number of hydrogen-bond donors (Lipinski definition) is 3. The van der Waals surface area contributed by atoms with Crippen LogP contribution in [0.4, 0.5) is 0 Å². The predicted molar refractivity (Wildman–Crippen MR) is 72.4 cm³/mol. The van der Waals surface area contributed by atoms with Gasteiger partial charge in [-0.2, -0.15) is 12.6 Å². The number of carbonyl (C=O) groups is 1. The largest absolute Gasteiger partial charge is 0.467 e. The highest BCUT2D eigenvalue weighted by Gasteiger charge is 2.51. The van der Waals surface area contributed by atoms with Crippen molar-refractivity contribution in [2.45, 2.75) is 57.2 Å². The highest BCUT2D eigenvalue weighted by Crippen LogP contribution is 2.36. The smallest absolute Gasteiger partial charge is 0.337 e. The van der Waals surface area contributed by atoms with Crippen LogP contribution in [0.3, 0.4) is 0 Å². The molecule has 1 fully saturated rings. The summed E-state index contributed by atoms with van der Waals surface area (Å²) in [4.78, 5) is 11.6. The lowest BCUT2D eigenvalue weighted by Gasteiger charge is -2.49. The number of piperidine rings is 1. The molecule has 0 spiro atoms. The van der Waals surface area contributed by atoms with Crippen molar-refractivity contribution in [1.82, 2.24) is 5.32 Å².